The Hall–Kier alpha value is -2.56. The Kier molecular flexibility index (Phi) is 4.53. The van der Waals surface area contributed by atoms with Gasteiger partial charge >= 0.3 is 0 Å². The van der Waals surface area contributed by atoms with Crippen molar-refractivity contribution in [3.8, 4) is 5.75 Å². The molecular weight excluding hydrogens is 328 g/mol. The van der Waals surface area contributed by atoms with Crippen molar-refractivity contribution in [1.29, 1.82) is 0 Å². The second-order valence-electron chi connectivity index (χ2n) is 7.36. The summed E-state index contributed by atoms with van der Waals surface area (Å²) in [6.45, 7) is 0.829. The molecule has 0 unspecified atom stereocenters. The molecule has 0 N–H and O–H groups in total. The zero-order valence-electron chi connectivity index (χ0n) is 15.1. The van der Waals surface area contributed by atoms with Crippen LogP contribution in [0.2, 0.25) is 0 Å². The maximum Gasteiger partial charge on any atom is 0.269 e. The van der Waals surface area contributed by atoms with E-state index in [1.165, 1.54) is 31.2 Å². The molecule has 0 aromatic heterocycles. The molecule has 1 saturated carbocycles. The number of non-ortho nitro benzene ring substituents is 1. The van der Waals surface area contributed by atoms with Crippen molar-refractivity contribution in [2.24, 2.45) is 5.92 Å². The Bertz CT molecular complexity index is 803. The Balaban J connectivity index is 1.69. The molecule has 136 valence electrons. The van der Waals surface area contributed by atoms with Gasteiger partial charge in [-0.25, -0.2) is 0 Å². The Morgan fingerprint density at radius 1 is 1.15 bits per heavy atom. The molecule has 0 bridgehead atoms. The van der Waals surface area contributed by atoms with E-state index in [0.29, 0.717) is 12.0 Å². The van der Waals surface area contributed by atoms with Crippen molar-refractivity contribution >= 4 is 11.4 Å². The summed E-state index contributed by atoms with van der Waals surface area (Å²) < 4.78 is 5.26. The fourth-order valence-electron chi connectivity index (χ4n) is 4.56. The first kappa shape index (κ1) is 16.9. The summed E-state index contributed by atoms with van der Waals surface area (Å²) in [7, 11) is 1.68. The first-order valence-corrected chi connectivity index (χ1v) is 9.32. The molecule has 5 nitrogen and oxygen atoms in total. The van der Waals surface area contributed by atoms with E-state index in [4.69, 9.17) is 4.74 Å². The number of fused-ring (bicyclic) bond motifs is 2. The van der Waals surface area contributed by atoms with Crippen molar-refractivity contribution in [2.75, 3.05) is 12.0 Å². The average Bonchev–Trinajstić information content (AvgIpc) is 2.67. The van der Waals surface area contributed by atoms with E-state index in [9.17, 15) is 10.1 Å². The zero-order valence-corrected chi connectivity index (χ0v) is 15.1. The van der Waals surface area contributed by atoms with Crippen molar-refractivity contribution in [3.05, 3.63) is 63.7 Å². The van der Waals surface area contributed by atoms with Crippen LogP contribution in [-0.2, 0) is 13.0 Å². The van der Waals surface area contributed by atoms with Gasteiger partial charge in [0.25, 0.3) is 5.69 Å². The third-order valence-corrected chi connectivity index (χ3v) is 5.85. The highest BCUT2D eigenvalue weighted by molar-refractivity contribution is 5.61. The SMILES string of the molecule is COc1ccc(CN2c3ccc([N+](=O)[O-])cc3C[C@@H]3CCCC[C@@H]32)cc1. The van der Waals surface area contributed by atoms with Crippen LogP contribution in [0.4, 0.5) is 11.4 Å². The van der Waals surface area contributed by atoms with Crippen LogP contribution in [0, 0.1) is 16.0 Å². The van der Waals surface area contributed by atoms with Crippen LogP contribution in [-0.4, -0.2) is 18.1 Å². The molecule has 2 aliphatic rings. The van der Waals surface area contributed by atoms with Crippen molar-refractivity contribution in [3.63, 3.8) is 0 Å². The highest BCUT2D eigenvalue weighted by Crippen LogP contribution is 2.42. The average molecular weight is 352 g/mol. The zero-order chi connectivity index (χ0) is 18.1. The minimum atomic E-state index is -0.291. The van der Waals surface area contributed by atoms with E-state index in [0.717, 1.165) is 30.0 Å². The molecule has 0 saturated heterocycles. The quantitative estimate of drug-likeness (QED) is 0.590. The first-order chi connectivity index (χ1) is 12.7. The third kappa shape index (κ3) is 3.14. The van der Waals surface area contributed by atoms with Crippen LogP contribution in [0.25, 0.3) is 0 Å². The van der Waals surface area contributed by atoms with Gasteiger partial charge in [0.2, 0.25) is 0 Å². The molecule has 0 amide bonds. The highest BCUT2D eigenvalue weighted by atomic mass is 16.6. The number of methoxy groups -OCH3 is 1. The van der Waals surface area contributed by atoms with Crippen LogP contribution >= 0.6 is 0 Å². The van der Waals surface area contributed by atoms with E-state index in [1.807, 2.05) is 18.2 Å². The third-order valence-electron chi connectivity index (χ3n) is 5.85. The number of rotatable bonds is 4. The number of hydrogen-bond donors (Lipinski definition) is 0. The van der Waals surface area contributed by atoms with Crippen LogP contribution in [0.3, 0.4) is 0 Å². The van der Waals surface area contributed by atoms with Gasteiger partial charge in [-0.2, -0.15) is 0 Å². The Labute approximate surface area is 153 Å². The molecule has 26 heavy (non-hydrogen) atoms. The number of benzene rings is 2. The second-order valence-corrected chi connectivity index (χ2v) is 7.36. The van der Waals surface area contributed by atoms with E-state index < -0.39 is 0 Å². The van der Waals surface area contributed by atoms with Gasteiger partial charge in [-0.15, -0.1) is 0 Å². The Morgan fingerprint density at radius 3 is 2.65 bits per heavy atom. The summed E-state index contributed by atoms with van der Waals surface area (Å²) in [5.41, 5.74) is 3.72. The molecule has 0 radical (unpaired) electrons. The number of nitro groups is 1. The predicted molar refractivity (Wildman–Crippen MR) is 102 cm³/mol. The standard InChI is InChI=1S/C21H24N2O3/c1-26-19-9-6-15(7-10-19)14-22-20-5-3-2-4-16(20)12-17-13-18(23(24)25)8-11-21(17)22/h6-11,13,16,20H,2-5,12,14H2,1H3/t16-,20-/m0/s1. The van der Waals surface area contributed by atoms with Crippen molar-refractivity contribution < 1.29 is 9.66 Å². The second kappa shape index (κ2) is 6.98. The molecule has 2 aromatic carbocycles. The summed E-state index contributed by atoms with van der Waals surface area (Å²) in [5, 5.41) is 11.2. The summed E-state index contributed by atoms with van der Waals surface area (Å²) in [4.78, 5) is 13.4. The van der Waals surface area contributed by atoms with E-state index in [-0.39, 0.29) is 10.6 Å². The van der Waals surface area contributed by atoms with Crippen LogP contribution < -0.4 is 9.64 Å². The lowest BCUT2D eigenvalue weighted by Crippen LogP contribution is -2.46. The van der Waals surface area contributed by atoms with Gasteiger partial charge in [0, 0.05) is 30.4 Å². The molecule has 4 rings (SSSR count). The lowest BCUT2D eigenvalue weighted by Gasteiger charge is -2.46. The number of hydrogen-bond acceptors (Lipinski definition) is 4. The minimum Gasteiger partial charge on any atom is -0.497 e. The lowest BCUT2D eigenvalue weighted by atomic mass is 9.76. The maximum absolute atomic E-state index is 11.2. The fraction of sp³-hybridized carbons (Fsp3) is 0.429. The van der Waals surface area contributed by atoms with Gasteiger partial charge in [-0.3, -0.25) is 10.1 Å². The predicted octanol–water partition coefficient (Wildman–Crippen LogP) is 4.72. The molecule has 1 heterocycles. The molecule has 1 fully saturated rings. The molecular formula is C21H24N2O3. The molecule has 1 aliphatic heterocycles. The van der Waals surface area contributed by atoms with Crippen LogP contribution in [0.5, 0.6) is 5.75 Å². The molecule has 1 aliphatic carbocycles. The fourth-order valence-corrected chi connectivity index (χ4v) is 4.56. The normalized spacial score (nSPS) is 21.7. The van der Waals surface area contributed by atoms with Gasteiger partial charge < -0.3 is 9.64 Å². The highest BCUT2D eigenvalue weighted by Gasteiger charge is 2.36. The van der Waals surface area contributed by atoms with Crippen molar-refractivity contribution in [1.82, 2.24) is 0 Å². The van der Waals surface area contributed by atoms with Gasteiger partial charge in [0.15, 0.2) is 0 Å². The minimum absolute atomic E-state index is 0.197. The van der Waals surface area contributed by atoms with Gasteiger partial charge in [-0.1, -0.05) is 25.0 Å². The van der Waals surface area contributed by atoms with E-state index >= 15 is 0 Å². The number of nitro benzene ring substituents is 1. The van der Waals surface area contributed by atoms with E-state index in [1.54, 1.807) is 19.2 Å². The van der Waals surface area contributed by atoms with Crippen LogP contribution in [0.15, 0.2) is 42.5 Å². The van der Waals surface area contributed by atoms with Gasteiger partial charge in [-0.05, 0) is 54.5 Å². The topological polar surface area (TPSA) is 55.6 Å². The number of anilines is 1. The smallest absolute Gasteiger partial charge is 0.269 e. The molecule has 2 aromatic rings. The summed E-state index contributed by atoms with van der Waals surface area (Å²) >= 11 is 0. The summed E-state index contributed by atoms with van der Waals surface area (Å²) in [5.74, 6) is 1.45. The molecule has 5 heteroatoms. The van der Waals surface area contributed by atoms with Crippen LogP contribution in [0.1, 0.15) is 36.8 Å². The van der Waals surface area contributed by atoms with E-state index in [2.05, 4.69) is 17.0 Å². The number of nitrogens with zero attached hydrogens (tertiary/aromatic N) is 2. The lowest BCUT2D eigenvalue weighted by molar-refractivity contribution is -0.384. The maximum atomic E-state index is 11.2. The van der Waals surface area contributed by atoms with Gasteiger partial charge in [0.05, 0.1) is 12.0 Å². The summed E-state index contributed by atoms with van der Waals surface area (Å²) in [6.07, 6.45) is 5.91. The summed E-state index contributed by atoms with van der Waals surface area (Å²) in [6, 6.07) is 14.1. The Morgan fingerprint density at radius 2 is 1.92 bits per heavy atom. The molecule has 2 atom stereocenters. The number of ether oxygens (including phenoxy) is 1. The molecule has 0 spiro atoms. The van der Waals surface area contributed by atoms with Crippen molar-refractivity contribution in [2.45, 2.75) is 44.7 Å². The van der Waals surface area contributed by atoms with Gasteiger partial charge in [0.1, 0.15) is 5.75 Å². The monoisotopic (exact) mass is 352 g/mol. The largest absolute Gasteiger partial charge is 0.497 e. The first-order valence-electron chi connectivity index (χ1n) is 9.32.